The number of nitrogens with zero attached hydrogens (tertiary/aromatic N) is 4. The molecule has 3 N–H and O–H groups in total. The maximum absolute atomic E-state index is 14.6. The van der Waals surface area contributed by atoms with E-state index in [1.165, 1.54) is 60.5 Å². The lowest BCUT2D eigenvalue weighted by Gasteiger charge is -2.27. The summed E-state index contributed by atoms with van der Waals surface area (Å²) >= 11 is 13.7. The van der Waals surface area contributed by atoms with E-state index in [1.807, 2.05) is 0 Å². The third-order valence-corrected chi connectivity index (χ3v) is 9.44. The van der Waals surface area contributed by atoms with Crippen molar-refractivity contribution in [3.8, 4) is 11.3 Å². The quantitative estimate of drug-likeness (QED) is 0.208. The van der Waals surface area contributed by atoms with E-state index in [0.29, 0.717) is 21.8 Å². The number of halogens is 5. The molecule has 0 unspecified atom stereocenters. The second-order valence-corrected chi connectivity index (χ2v) is 13.5. The van der Waals surface area contributed by atoms with Gasteiger partial charge in [-0.15, -0.1) is 11.3 Å². The molecule has 0 saturated carbocycles. The van der Waals surface area contributed by atoms with Gasteiger partial charge in [-0.3, -0.25) is 28.8 Å². The van der Waals surface area contributed by atoms with Gasteiger partial charge in [0.1, 0.15) is 22.2 Å². The normalized spacial score (nSPS) is 16.6. The molecule has 258 valence electrons. The highest BCUT2D eigenvalue weighted by molar-refractivity contribution is 7.18. The van der Waals surface area contributed by atoms with Crippen molar-refractivity contribution in [2.45, 2.75) is 43.8 Å². The predicted octanol–water partition coefficient (Wildman–Crippen LogP) is 4.50. The molecule has 3 aromatic heterocycles. The van der Waals surface area contributed by atoms with Crippen molar-refractivity contribution in [2.75, 3.05) is 13.1 Å². The first-order valence-electron chi connectivity index (χ1n) is 14.9. The van der Waals surface area contributed by atoms with Gasteiger partial charge in [0, 0.05) is 43.5 Å². The smallest absolute Gasteiger partial charge is 0.267 e. The van der Waals surface area contributed by atoms with E-state index >= 15 is 0 Å². The summed E-state index contributed by atoms with van der Waals surface area (Å²) in [6.45, 7) is 0.0615. The molecule has 49 heavy (non-hydrogen) atoms. The molecule has 5 rings (SSSR count). The molecule has 0 radical (unpaired) electrons. The first-order valence-corrected chi connectivity index (χ1v) is 16.5. The lowest BCUT2D eigenvalue weighted by Crippen LogP contribution is -2.54. The minimum Gasteiger partial charge on any atom is -0.352 e. The lowest BCUT2D eigenvalue weighted by molar-refractivity contribution is -0.140. The van der Waals surface area contributed by atoms with Gasteiger partial charge >= 0.3 is 0 Å². The summed E-state index contributed by atoms with van der Waals surface area (Å²) < 4.78 is 45.1. The number of pyridine rings is 1. The second-order valence-electron chi connectivity index (χ2n) is 11.5. The highest BCUT2D eigenvalue weighted by atomic mass is 35.5. The molecule has 1 aliphatic heterocycles. The number of carbonyl (C=O) groups excluding carboxylic acids is 4. The van der Waals surface area contributed by atoms with Crippen molar-refractivity contribution < 1.29 is 32.3 Å². The Morgan fingerprint density at radius 2 is 1.82 bits per heavy atom. The van der Waals surface area contributed by atoms with Crippen LogP contribution in [-0.2, 0) is 23.1 Å². The molecule has 0 bridgehead atoms. The van der Waals surface area contributed by atoms with Crippen molar-refractivity contribution in [3.05, 3.63) is 92.2 Å². The number of likely N-dealkylation sites (tertiary alicyclic amines) is 1. The summed E-state index contributed by atoms with van der Waals surface area (Å²) in [5, 5.41) is 12.3. The average molecular weight is 737 g/mol. The van der Waals surface area contributed by atoms with E-state index in [1.54, 1.807) is 19.2 Å². The third-order valence-electron chi connectivity index (χ3n) is 7.80. The standard InChI is InChI=1S/C32H30Cl2F3N7O4S/c1-17(41-28(45)19-6-8-38-9-7-19)31(48)44-16-32(36,37)13-24(44)29(46)39-14-21(11-18-4-3-5-20(35)10-18)42-30(47)25-12-22(27(34)49-25)26-23(33)15-40-43(26)2/h3-10,12,15,17,21,24H,11,13-14,16H2,1-2H3,(H,39,46)(H,41,45)(H,42,47)/t17-,21+,24+/m1/s1. The van der Waals surface area contributed by atoms with E-state index in [2.05, 4.69) is 26.0 Å². The number of carbonyl (C=O) groups is 4. The largest absolute Gasteiger partial charge is 0.352 e. The Balaban J connectivity index is 1.30. The van der Waals surface area contributed by atoms with Crippen molar-refractivity contribution in [1.82, 2.24) is 35.6 Å². The third kappa shape index (κ3) is 8.58. The molecule has 4 aromatic rings. The predicted molar refractivity (Wildman–Crippen MR) is 177 cm³/mol. The number of alkyl halides is 2. The van der Waals surface area contributed by atoms with Gasteiger partial charge in [0.25, 0.3) is 17.7 Å². The lowest BCUT2D eigenvalue weighted by atomic mass is 10.0. The number of amides is 4. The van der Waals surface area contributed by atoms with E-state index in [-0.39, 0.29) is 27.7 Å². The fraction of sp³-hybridized carbons (Fsp3) is 0.312. The van der Waals surface area contributed by atoms with Crippen LogP contribution in [0, 0.1) is 5.82 Å². The van der Waals surface area contributed by atoms with Crippen LogP contribution in [-0.4, -0.2) is 80.4 Å². The van der Waals surface area contributed by atoms with Gasteiger partial charge in [-0.25, -0.2) is 13.2 Å². The number of thiophene rings is 1. The summed E-state index contributed by atoms with van der Waals surface area (Å²) in [5.41, 5.74) is 1.69. The topological polar surface area (TPSA) is 138 Å². The zero-order chi connectivity index (χ0) is 35.5. The molecule has 17 heteroatoms. The number of aryl methyl sites for hydroxylation is 1. The van der Waals surface area contributed by atoms with Crippen LogP contribution in [0.1, 0.15) is 38.9 Å². The Hall–Kier alpha value is -4.47. The van der Waals surface area contributed by atoms with Crippen LogP contribution >= 0.6 is 34.5 Å². The Bertz CT molecular complexity index is 1850. The molecule has 0 spiro atoms. The number of benzene rings is 1. The Kier molecular flexibility index (Phi) is 10.9. The number of rotatable bonds is 11. The fourth-order valence-corrected chi connectivity index (χ4v) is 6.90. The molecule has 0 aliphatic carbocycles. The van der Waals surface area contributed by atoms with Crippen molar-refractivity contribution >= 4 is 58.2 Å². The molecule has 1 aliphatic rings. The molecule has 4 amide bonds. The SMILES string of the molecule is C[C@@H](NC(=O)c1ccncc1)C(=O)N1CC(F)(F)C[C@H]1C(=O)NC[C@H](Cc1cccc(F)c1)NC(=O)c1cc(-c2c(Cl)cnn2C)c(Cl)s1. The molecular formula is C32H30Cl2F3N7O4S. The molecule has 11 nitrogen and oxygen atoms in total. The van der Waals surface area contributed by atoms with Crippen LogP contribution in [0.15, 0.2) is 61.1 Å². The number of nitrogens with one attached hydrogen (secondary N) is 3. The first kappa shape index (κ1) is 35.8. The highest BCUT2D eigenvalue weighted by Gasteiger charge is 2.50. The first-order chi connectivity index (χ1) is 23.2. The summed E-state index contributed by atoms with van der Waals surface area (Å²) in [7, 11) is 1.67. The van der Waals surface area contributed by atoms with Crippen molar-refractivity contribution in [2.24, 2.45) is 7.05 Å². The highest BCUT2D eigenvalue weighted by Crippen LogP contribution is 2.38. The fourth-order valence-electron chi connectivity index (χ4n) is 5.45. The van der Waals surface area contributed by atoms with Gasteiger partial charge < -0.3 is 20.9 Å². The molecule has 4 heterocycles. The van der Waals surface area contributed by atoms with Crippen LogP contribution in [0.3, 0.4) is 0 Å². The van der Waals surface area contributed by atoms with Crippen LogP contribution < -0.4 is 16.0 Å². The molecule has 1 saturated heterocycles. The zero-order valence-corrected chi connectivity index (χ0v) is 28.4. The second kappa shape index (κ2) is 15.0. The zero-order valence-electron chi connectivity index (χ0n) is 26.1. The maximum Gasteiger partial charge on any atom is 0.267 e. The minimum atomic E-state index is -3.37. The number of hydrogen-bond acceptors (Lipinski definition) is 7. The summed E-state index contributed by atoms with van der Waals surface area (Å²) in [4.78, 5) is 57.4. The van der Waals surface area contributed by atoms with E-state index in [9.17, 15) is 32.3 Å². The van der Waals surface area contributed by atoms with Crippen LogP contribution in [0.2, 0.25) is 9.36 Å². The summed E-state index contributed by atoms with van der Waals surface area (Å²) in [5.74, 6) is -6.81. The summed E-state index contributed by atoms with van der Waals surface area (Å²) in [6, 6.07) is 6.41. The van der Waals surface area contributed by atoms with Crippen molar-refractivity contribution in [3.63, 3.8) is 0 Å². The maximum atomic E-state index is 14.6. The van der Waals surface area contributed by atoms with Gasteiger partial charge in [0.2, 0.25) is 11.8 Å². The van der Waals surface area contributed by atoms with E-state index < -0.39 is 66.5 Å². The van der Waals surface area contributed by atoms with Gasteiger partial charge in [0.15, 0.2) is 0 Å². The monoisotopic (exact) mass is 735 g/mol. The Morgan fingerprint density at radius 1 is 1.08 bits per heavy atom. The van der Waals surface area contributed by atoms with E-state index in [0.717, 1.165) is 16.2 Å². The van der Waals surface area contributed by atoms with Gasteiger partial charge in [-0.2, -0.15) is 5.10 Å². The van der Waals surface area contributed by atoms with Crippen LogP contribution in [0.25, 0.3) is 11.3 Å². The Morgan fingerprint density at radius 3 is 2.49 bits per heavy atom. The number of hydrogen-bond donors (Lipinski definition) is 3. The van der Waals surface area contributed by atoms with Crippen LogP contribution in [0.5, 0.6) is 0 Å². The minimum absolute atomic E-state index is 0.0604. The molecule has 3 atom stereocenters. The van der Waals surface area contributed by atoms with Gasteiger partial charge in [-0.05, 0) is 49.2 Å². The van der Waals surface area contributed by atoms with Crippen LogP contribution in [0.4, 0.5) is 13.2 Å². The average Bonchev–Trinajstić information content (AvgIpc) is 3.72. The molecule has 1 fully saturated rings. The van der Waals surface area contributed by atoms with Crippen molar-refractivity contribution in [1.29, 1.82) is 0 Å². The number of aromatic nitrogens is 3. The molecular weight excluding hydrogens is 706 g/mol. The van der Waals surface area contributed by atoms with Gasteiger partial charge in [-0.1, -0.05) is 35.3 Å². The summed E-state index contributed by atoms with van der Waals surface area (Å²) in [6.07, 6.45) is 3.33. The molecule has 1 aromatic carbocycles. The van der Waals surface area contributed by atoms with E-state index in [4.69, 9.17) is 23.2 Å². The van der Waals surface area contributed by atoms with Gasteiger partial charge in [0.05, 0.1) is 34.4 Å². The Labute approximate surface area is 292 Å².